The number of likely N-dealkylation sites (tertiary alicyclic amines) is 1. The molecule has 8 nitrogen and oxygen atoms in total. The van der Waals surface area contributed by atoms with Gasteiger partial charge in [-0.25, -0.2) is 9.78 Å². The minimum Gasteiger partial charge on any atom is -0.439 e. The maximum Gasteiger partial charge on any atom is 0.317 e. The number of carbonyl (C=O) groups excluding carboxylic acids is 2. The summed E-state index contributed by atoms with van der Waals surface area (Å²) in [7, 11) is 0. The van der Waals surface area contributed by atoms with Crippen LogP contribution >= 0.6 is 0 Å². The van der Waals surface area contributed by atoms with Crippen LogP contribution in [0.2, 0.25) is 0 Å². The third-order valence-electron chi connectivity index (χ3n) is 6.87. The van der Waals surface area contributed by atoms with Crippen molar-refractivity contribution in [1.29, 1.82) is 0 Å². The Morgan fingerprint density at radius 3 is 2.43 bits per heavy atom. The lowest BCUT2D eigenvalue weighted by Gasteiger charge is -2.34. The summed E-state index contributed by atoms with van der Waals surface area (Å²) in [5.74, 6) is 0.720. The molecule has 2 aromatic carbocycles. The van der Waals surface area contributed by atoms with Gasteiger partial charge < -0.3 is 19.5 Å². The molecule has 2 aliphatic rings. The molecule has 1 N–H and O–H groups in total. The first kappa shape index (κ1) is 23.4. The van der Waals surface area contributed by atoms with E-state index in [2.05, 4.69) is 27.3 Å². The molecule has 3 amide bonds. The molecule has 3 aromatic rings. The average Bonchev–Trinajstić information content (AvgIpc) is 3.31. The van der Waals surface area contributed by atoms with Gasteiger partial charge in [0.1, 0.15) is 5.52 Å². The lowest BCUT2D eigenvalue weighted by molar-refractivity contribution is 0.0724. The molecule has 2 saturated heterocycles. The van der Waals surface area contributed by atoms with Gasteiger partial charge in [0.15, 0.2) is 5.58 Å². The van der Waals surface area contributed by atoms with Gasteiger partial charge in [-0.3, -0.25) is 9.69 Å². The Morgan fingerprint density at radius 1 is 0.886 bits per heavy atom. The van der Waals surface area contributed by atoms with E-state index in [1.54, 1.807) is 0 Å². The second-order valence-corrected chi connectivity index (χ2v) is 9.37. The van der Waals surface area contributed by atoms with Crippen molar-refractivity contribution < 1.29 is 14.0 Å². The smallest absolute Gasteiger partial charge is 0.317 e. The minimum atomic E-state index is -0.00616. The zero-order chi connectivity index (χ0) is 24.0. The van der Waals surface area contributed by atoms with Gasteiger partial charge in [-0.1, -0.05) is 30.3 Å². The first-order valence-corrected chi connectivity index (χ1v) is 12.6. The molecule has 184 valence electrons. The van der Waals surface area contributed by atoms with Crippen LogP contribution in [0.3, 0.4) is 0 Å². The Kier molecular flexibility index (Phi) is 7.28. The molecule has 1 aromatic heterocycles. The van der Waals surface area contributed by atoms with Crippen LogP contribution < -0.4 is 5.32 Å². The summed E-state index contributed by atoms with van der Waals surface area (Å²) in [5.41, 5.74) is 3.32. The highest BCUT2D eigenvalue weighted by Gasteiger charge is 2.23. The van der Waals surface area contributed by atoms with Gasteiger partial charge in [0.25, 0.3) is 5.91 Å². The van der Waals surface area contributed by atoms with Crippen LogP contribution in [0.25, 0.3) is 11.1 Å². The number of nitrogens with one attached hydrogen (secondary N) is 1. The topological polar surface area (TPSA) is 81.9 Å². The van der Waals surface area contributed by atoms with E-state index in [1.807, 2.05) is 46.2 Å². The van der Waals surface area contributed by atoms with Crippen LogP contribution in [0.15, 0.2) is 52.9 Å². The average molecular weight is 476 g/mol. The van der Waals surface area contributed by atoms with Crippen LogP contribution in [-0.2, 0) is 13.0 Å². The van der Waals surface area contributed by atoms with Gasteiger partial charge in [0.2, 0.25) is 5.89 Å². The van der Waals surface area contributed by atoms with Crippen molar-refractivity contribution in [3.63, 3.8) is 0 Å². The zero-order valence-electron chi connectivity index (χ0n) is 20.1. The van der Waals surface area contributed by atoms with Gasteiger partial charge in [-0.2, -0.15) is 0 Å². The number of piperidine rings is 1. The number of oxazole rings is 1. The van der Waals surface area contributed by atoms with Crippen molar-refractivity contribution in [3.8, 4) is 0 Å². The third kappa shape index (κ3) is 5.82. The molecule has 0 unspecified atom stereocenters. The number of aromatic nitrogens is 1. The summed E-state index contributed by atoms with van der Waals surface area (Å²) in [5, 5.41) is 3.03. The molecule has 35 heavy (non-hydrogen) atoms. The van der Waals surface area contributed by atoms with Crippen LogP contribution in [0.5, 0.6) is 0 Å². The number of fused-ring (bicyclic) bond motifs is 1. The number of nitrogens with zero attached hydrogens (tertiary/aromatic N) is 4. The zero-order valence-corrected chi connectivity index (χ0v) is 20.1. The summed E-state index contributed by atoms with van der Waals surface area (Å²) in [6, 6.07) is 15.7. The van der Waals surface area contributed by atoms with E-state index in [9.17, 15) is 9.59 Å². The Morgan fingerprint density at radius 2 is 1.66 bits per heavy atom. The SMILES string of the molecule is O=C(NCCc1ccccc1)N1CCN(Cc2nc3cc(C(=O)N4CCCCC4)ccc3o2)CC1. The van der Waals surface area contributed by atoms with Crippen molar-refractivity contribution in [3.05, 3.63) is 65.5 Å². The van der Waals surface area contributed by atoms with E-state index in [0.717, 1.165) is 51.0 Å². The highest BCUT2D eigenvalue weighted by molar-refractivity contribution is 5.97. The van der Waals surface area contributed by atoms with Crippen LogP contribution in [0.4, 0.5) is 4.79 Å². The largest absolute Gasteiger partial charge is 0.439 e. The highest BCUT2D eigenvalue weighted by atomic mass is 16.3. The molecule has 0 bridgehead atoms. The van der Waals surface area contributed by atoms with E-state index in [1.165, 1.54) is 12.0 Å². The predicted octanol–water partition coefficient (Wildman–Crippen LogP) is 3.52. The van der Waals surface area contributed by atoms with Gasteiger partial charge in [0.05, 0.1) is 6.54 Å². The van der Waals surface area contributed by atoms with Gasteiger partial charge in [-0.05, 0) is 49.4 Å². The molecule has 2 aliphatic heterocycles. The van der Waals surface area contributed by atoms with Crippen LogP contribution in [-0.4, -0.2) is 77.4 Å². The van der Waals surface area contributed by atoms with Crippen molar-refractivity contribution in [2.75, 3.05) is 45.8 Å². The highest BCUT2D eigenvalue weighted by Crippen LogP contribution is 2.21. The number of hydrogen-bond donors (Lipinski definition) is 1. The Balaban J connectivity index is 1.10. The third-order valence-corrected chi connectivity index (χ3v) is 6.87. The normalized spacial score (nSPS) is 17.0. The molecule has 2 fully saturated rings. The number of carbonyl (C=O) groups is 2. The van der Waals surface area contributed by atoms with Crippen LogP contribution in [0, 0.1) is 0 Å². The summed E-state index contributed by atoms with van der Waals surface area (Å²) < 4.78 is 5.95. The number of piperazine rings is 1. The predicted molar refractivity (Wildman–Crippen MR) is 134 cm³/mol. The van der Waals surface area contributed by atoms with Crippen molar-refractivity contribution in [2.45, 2.75) is 32.2 Å². The summed E-state index contributed by atoms with van der Waals surface area (Å²) in [4.78, 5) is 36.0. The second kappa shape index (κ2) is 10.9. The van der Waals surface area contributed by atoms with Gasteiger partial charge >= 0.3 is 6.03 Å². The first-order valence-electron chi connectivity index (χ1n) is 12.6. The van der Waals surface area contributed by atoms with Crippen molar-refractivity contribution in [1.82, 2.24) is 25.0 Å². The molecule has 0 atom stereocenters. The van der Waals surface area contributed by atoms with E-state index in [0.29, 0.717) is 43.2 Å². The molecule has 0 aliphatic carbocycles. The van der Waals surface area contributed by atoms with E-state index in [4.69, 9.17) is 4.42 Å². The Hall–Kier alpha value is -3.39. The molecule has 0 spiro atoms. The van der Waals surface area contributed by atoms with Crippen molar-refractivity contribution >= 4 is 23.0 Å². The monoisotopic (exact) mass is 475 g/mol. The second-order valence-electron chi connectivity index (χ2n) is 9.37. The Bertz CT molecular complexity index is 1150. The fraction of sp³-hybridized carbons (Fsp3) is 0.444. The molecule has 0 radical (unpaired) electrons. The summed E-state index contributed by atoms with van der Waals surface area (Å²) in [6.07, 6.45) is 4.17. The number of hydrogen-bond acceptors (Lipinski definition) is 5. The molecule has 5 rings (SSSR count). The molecule has 0 saturated carbocycles. The molecular weight excluding hydrogens is 442 g/mol. The minimum absolute atomic E-state index is 0.00616. The first-order chi connectivity index (χ1) is 17.2. The van der Waals surface area contributed by atoms with Crippen molar-refractivity contribution in [2.24, 2.45) is 0 Å². The van der Waals surface area contributed by atoms with E-state index < -0.39 is 0 Å². The lowest BCUT2D eigenvalue weighted by Crippen LogP contribution is -2.51. The van der Waals surface area contributed by atoms with Gasteiger partial charge in [0, 0.05) is 51.4 Å². The summed E-state index contributed by atoms with van der Waals surface area (Å²) >= 11 is 0. The van der Waals surface area contributed by atoms with E-state index in [-0.39, 0.29) is 11.9 Å². The van der Waals surface area contributed by atoms with Crippen LogP contribution in [0.1, 0.15) is 41.1 Å². The summed E-state index contributed by atoms with van der Waals surface area (Å²) in [6.45, 7) is 5.77. The maximum atomic E-state index is 12.8. The molecule has 3 heterocycles. The Labute approximate surface area is 205 Å². The quantitative estimate of drug-likeness (QED) is 0.590. The number of benzene rings is 2. The fourth-order valence-corrected chi connectivity index (χ4v) is 4.83. The molecule has 8 heteroatoms. The van der Waals surface area contributed by atoms with E-state index >= 15 is 0 Å². The standard InChI is InChI=1S/C27H33N5O3/c33-26(31-13-5-2-6-14-31)22-9-10-24-23(19-22)29-25(35-24)20-30-15-17-32(18-16-30)27(34)28-12-11-21-7-3-1-4-8-21/h1,3-4,7-10,19H,2,5-6,11-18,20H2,(H,28,34). The number of urea groups is 1. The fourth-order valence-electron chi connectivity index (χ4n) is 4.83. The maximum absolute atomic E-state index is 12.8. The van der Waals surface area contributed by atoms with Gasteiger partial charge in [-0.15, -0.1) is 0 Å². The lowest BCUT2D eigenvalue weighted by atomic mass is 10.1. The molecular formula is C27H33N5O3. The number of rotatable bonds is 6. The number of amides is 3.